The molecule has 2 aromatic carbocycles. The number of hydrogen-bond donors (Lipinski definition) is 2. The summed E-state index contributed by atoms with van der Waals surface area (Å²) in [7, 11) is 1.85. The zero-order valence-electron chi connectivity index (χ0n) is 16.1. The van der Waals surface area contributed by atoms with E-state index in [9.17, 15) is 4.79 Å². The van der Waals surface area contributed by atoms with E-state index >= 15 is 0 Å². The SMILES string of the molecule is CNCC(C)C(=O)Nc1cc(-c2ccccc2C)nn1Cc1ccccc1. The van der Waals surface area contributed by atoms with Gasteiger partial charge in [-0.3, -0.25) is 4.79 Å². The zero-order valence-corrected chi connectivity index (χ0v) is 16.1. The lowest BCUT2D eigenvalue weighted by atomic mass is 10.1. The molecule has 140 valence electrons. The standard InChI is InChI=1S/C22H26N4O/c1-16-9-7-8-12-19(16)20-13-21(24-22(27)17(2)14-23-3)26(25-20)15-18-10-5-4-6-11-18/h4-13,17,23H,14-15H2,1-3H3,(H,24,27). The molecule has 1 aromatic heterocycles. The minimum absolute atomic E-state index is 0.0186. The Morgan fingerprint density at radius 1 is 1.11 bits per heavy atom. The van der Waals surface area contributed by atoms with Crippen molar-refractivity contribution in [2.75, 3.05) is 18.9 Å². The van der Waals surface area contributed by atoms with Gasteiger partial charge in [-0.15, -0.1) is 0 Å². The van der Waals surface area contributed by atoms with Crippen molar-refractivity contribution in [3.8, 4) is 11.3 Å². The Bertz CT molecular complexity index is 902. The van der Waals surface area contributed by atoms with Crippen LogP contribution >= 0.6 is 0 Å². The molecule has 0 bridgehead atoms. The molecule has 0 saturated heterocycles. The molecule has 5 heteroatoms. The van der Waals surface area contributed by atoms with E-state index in [1.165, 1.54) is 0 Å². The summed E-state index contributed by atoms with van der Waals surface area (Å²) in [4.78, 5) is 12.5. The summed E-state index contributed by atoms with van der Waals surface area (Å²) in [5.74, 6) is 0.567. The van der Waals surface area contributed by atoms with E-state index < -0.39 is 0 Å². The Labute approximate surface area is 160 Å². The lowest BCUT2D eigenvalue weighted by Gasteiger charge is -2.13. The molecule has 0 fully saturated rings. The largest absolute Gasteiger partial charge is 0.319 e. The van der Waals surface area contributed by atoms with Gasteiger partial charge < -0.3 is 10.6 Å². The van der Waals surface area contributed by atoms with Crippen LogP contribution in [0.2, 0.25) is 0 Å². The number of aromatic nitrogens is 2. The summed E-state index contributed by atoms with van der Waals surface area (Å²) in [6.45, 7) is 5.21. The Hall–Kier alpha value is -2.92. The number of carbonyl (C=O) groups excluding carboxylic acids is 1. The van der Waals surface area contributed by atoms with Gasteiger partial charge in [0.05, 0.1) is 12.2 Å². The smallest absolute Gasteiger partial charge is 0.229 e. The fourth-order valence-electron chi connectivity index (χ4n) is 3.03. The number of amides is 1. The molecule has 2 N–H and O–H groups in total. The molecule has 1 heterocycles. The first kappa shape index (κ1) is 18.9. The predicted octanol–water partition coefficient (Wildman–Crippen LogP) is 3.70. The van der Waals surface area contributed by atoms with Gasteiger partial charge in [-0.1, -0.05) is 61.5 Å². The highest BCUT2D eigenvalue weighted by molar-refractivity contribution is 5.92. The molecule has 0 radical (unpaired) electrons. The number of hydrogen-bond acceptors (Lipinski definition) is 3. The minimum atomic E-state index is -0.128. The number of nitrogens with one attached hydrogen (secondary N) is 2. The molecule has 1 amide bonds. The quantitative estimate of drug-likeness (QED) is 0.674. The summed E-state index contributed by atoms with van der Waals surface area (Å²) in [5.41, 5.74) is 4.22. The Morgan fingerprint density at radius 3 is 2.52 bits per heavy atom. The molecular weight excluding hydrogens is 336 g/mol. The van der Waals surface area contributed by atoms with E-state index in [0.29, 0.717) is 18.9 Å². The van der Waals surface area contributed by atoms with Gasteiger partial charge in [-0.25, -0.2) is 4.68 Å². The molecule has 0 aliphatic heterocycles. The first-order chi connectivity index (χ1) is 13.1. The van der Waals surface area contributed by atoms with E-state index in [0.717, 1.165) is 22.4 Å². The number of anilines is 1. The molecular formula is C22H26N4O. The number of rotatable bonds is 7. The van der Waals surface area contributed by atoms with Crippen molar-refractivity contribution in [3.05, 3.63) is 71.8 Å². The van der Waals surface area contributed by atoms with Gasteiger partial charge in [0.1, 0.15) is 5.82 Å². The van der Waals surface area contributed by atoms with Crippen molar-refractivity contribution >= 4 is 11.7 Å². The molecule has 27 heavy (non-hydrogen) atoms. The second-order valence-corrected chi connectivity index (χ2v) is 6.82. The summed E-state index contributed by atoms with van der Waals surface area (Å²) in [6, 6.07) is 20.2. The molecule has 0 saturated carbocycles. The third-order valence-corrected chi connectivity index (χ3v) is 4.59. The third-order valence-electron chi connectivity index (χ3n) is 4.59. The third kappa shape index (κ3) is 4.63. The van der Waals surface area contributed by atoms with Crippen LogP contribution in [-0.2, 0) is 11.3 Å². The second-order valence-electron chi connectivity index (χ2n) is 6.82. The summed E-state index contributed by atoms with van der Waals surface area (Å²) < 4.78 is 1.86. The average molecular weight is 362 g/mol. The van der Waals surface area contributed by atoms with Crippen LogP contribution in [0.1, 0.15) is 18.1 Å². The number of nitrogens with zero attached hydrogens (tertiary/aromatic N) is 2. The summed E-state index contributed by atoms with van der Waals surface area (Å²) >= 11 is 0. The molecule has 1 unspecified atom stereocenters. The van der Waals surface area contributed by atoms with Crippen LogP contribution in [0.4, 0.5) is 5.82 Å². The Morgan fingerprint density at radius 2 is 1.81 bits per heavy atom. The monoisotopic (exact) mass is 362 g/mol. The highest BCUT2D eigenvalue weighted by Gasteiger charge is 2.17. The molecule has 3 aromatic rings. The lowest BCUT2D eigenvalue weighted by Crippen LogP contribution is -2.29. The number of benzene rings is 2. The topological polar surface area (TPSA) is 59.0 Å². The molecule has 5 nitrogen and oxygen atoms in total. The maximum absolute atomic E-state index is 12.5. The van der Waals surface area contributed by atoms with Crippen molar-refractivity contribution in [2.45, 2.75) is 20.4 Å². The van der Waals surface area contributed by atoms with E-state index in [-0.39, 0.29) is 11.8 Å². The second kappa shape index (κ2) is 8.64. The first-order valence-corrected chi connectivity index (χ1v) is 9.21. The van der Waals surface area contributed by atoms with Crippen molar-refractivity contribution in [3.63, 3.8) is 0 Å². The molecule has 1 atom stereocenters. The van der Waals surface area contributed by atoms with Gasteiger partial charge >= 0.3 is 0 Å². The van der Waals surface area contributed by atoms with Crippen molar-refractivity contribution in [2.24, 2.45) is 5.92 Å². The predicted molar refractivity (Wildman–Crippen MR) is 110 cm³/mol. The van der Waals surface area contributed by atoms with Crippen LogP contribution < -0.4 is 10.6 Å². The highest BCUT2D eigenvalue weighted by Crippen LogP contribution is 2.25. The number of aryl methyl sites for hydroxylation is 1. The van der Waals surface area contributed by atoms with Gasteiger partial charge in [0.15, 0.2) is 0 Å². The van der Waals surface area contributed by atoms with Crippen LogP contribution in [0.5, 0.6) is 0 Å². The Kier molecular flexibility index (Phi) is 6.04. The minimum Gasteiger partial charge on any atom is -0.319 e. The van der Waals surface area contributed by atoms with Crippen LogP contribution in [0.3, 0.4) is 0 Å². The highest BCUT2D eigenvalue weighted by atomic mass is 16.2. The van der Waals surface area contributed by atoms with Gasteiger partial charge in [0.2, 0.25) is 5.91 Å². The van der Waals surface area contributed by atoms with Gasteiger partial charge in [0.25, 0.3) is 0 Å². The van der Waals surface area contributed by atoms with E-state index in [4.69, 9.17) is 5.10 Å². The molecule has 0 aliphatic carbocycles. The fraction of sp³-hybridized carbons (Fsp3) is 0.273. The maximum atomic E-state index is 12.5. The van der Waals surface area contributed by atoms with Gasteiger partial charge in [0, 0.05) is 24.1 Å². The molecule has 0 spiro atoms. The van der Waals surface area contributed by atoms with E-state index in [1.807, 2.05) is 55.1 Å². The number of carbonyl (C=O) groups is 1. The molecule has 0 aliphatic rings. The van der Waals surface area contributed by atoms with Crippen LogP contribution in [0.25, 0.3) is 11.3 Å². The van der Waals surface area contributed by atoms with Crippen molar-refractivity contribution in [1.82, 2.24) is 15.1 Å². The van der Waals surface area contributed by atoms with Gasteiger partial charge in [-0.05, 0) is 25.1 Å². The maximum Gasteiger partial charge on any atom is 0.229 e. The average Bonchev–Trinajstić information content (AvgIpc) is 3.05. The van der Waals surface area contributed by atoms with Gasteiger partial charge in [-0.2, -0.15) is 5.10 Å². The normalized spacial score (nSPS) is 12.0. The van der Waals surface area contributed by atoms with Crippen LogP contribution in [-0.4, -0.2) is 29.3 Å². The summed E-state index contributed by atoms with van der Waals surface area (Å²) in [6.07, 6.45) is 0. The zero-order chi connectivity index (χ0) is 19.2. The Balaban J connectivity index is 1.94. The fourth-order valence-corrected chi connectivity index (χ4v) is 3.03. The van der Waals surface area contributed by atoms with Crippen molar-refractivity contribution in [1.29, 1.82) is 0 Å². The van der Waals surface area contributed by atoms with Crippen LogP contribution in [0.15, 0.2) is 60.7 Å². The first-order valence-electron chi connectivity index (χ1n) is 9.21. The molecule has 3 rings (SSSR count). The van der Waals surface area contributed by atoms with Crippen molar-refractivity contribution < 1.29 is 4.79 Å². The summed E-state index contributed by atoms with van der Waals surface area (Å²) in [5, 5.41) is 10.9. The lowest BCUT2D eigenvalue weighted by molar-refractivity contribution is -0.119. The van der Waals surface area contributed by atoms with Crippen LogP contribution in [0, 0.1) is 12.8 Å². The van der Waals surface area contributed by atoms with E-state index in [1.54, 1.807) is 0 Å². The van der Waals surface area contributed by atoms with E-state index in [2.05, 4.69) is 41.8 Å².